The maximum atomic E-state index is 5.72. The molecule has 96 valence electrons. The van der Waals surface area contributed by atoms with Gasteiger partial charge in [-0.1, -0.05) is 15.9 Å². The summed E-state index contributed by atoms with van der Waals surface area (Å²) in [6.07, 6.45) is 7.24. The summed E-state index contributed by atoms with van der Waals surface area (Å²) in [5, 5.41) is 0.928. The third-order valence-corrected chi connectivity index (χ3v) is 3.95. The second-order valence-electron chi connectivity index (χ2n) is 4.61. The largest absolute Gasteiger partial charge is 0.374 e. The van der Waals surface area contributed by atoms with E-state index in [2.05, 4.69) is 37.3 Å². The summed E-state index contributed by atoms with van der Waals surface area (Å²) in [6.45, 7) is 6.30. The predicted molar refractivity (Wildman–Crippen MR) is 71.4 cm³/mol. The van der Waals surface area contributed by atoms with E-state index in [9.17, 15) is 0 Å². The Morgan fingerprint density at radius 3 is 3.06 bits per heavy atom. The van der Waals surface area contributed by atoms with Gasteiger partial charge in [0.15, 0.2) is 0 Å². The third kappa shape index (κ3) is 3.79. The number of imidazole rings is 1. The van der Waals surface area contributed by atoms with Gasteiger partial charge in [0.25, 0.3) is 0 Å². The first-order valence-corrected chi connectivity index (χ1v) is 7.29. The van der Waals surface area contributed by atoms with E-state index >= 15 is 0 Å². The van der Waals surface area contributed by atoms with Crippen molar-refractivity contribution < 1.29 is 4.74 Å². The zero-order valence-corrected chi connectivity index (χ0v) is 11.8. The minimum atomic E-state index is 0.347. The van der Waals surface area contributed by atoms with Gasteiger partial charge in [-0.2, -0.15) is 0 Å². The molecule has 1 aliphatic heterocycles. The van der Waals surface area contributed by atoms with E-state index in [1.54, 1.807) is 0 Å². The summed E-state index contributed by atoms with van der Waals surface area (Å²) in [6, 6.07) is 0.535. The van der Waals surface area contributed by atoms with Crippen LogP contribution >= 0.6 is 15.9 Å². The Bertz CT molecular complexity index is 318. The lowest BCUT2D eigenvalue weighted by molar-refractivity contribution is -0.0470. The zero-order valence-electron chi connectivity index (χ0n) is 10.3. The summed E-state index contributed by atoms with van der Waals surface area (Å²) in [4.78, 5) is 6.57. The van der Waals surface area contributed by atoms with Gasteiger partial charge in [-0.05, 0) is 13.3 Å². The predicted octanol–water partition coefficient (Wildman–Crippen LogP) is 1.76. The number of halogens is 1. The fourth-order valence-electron chi connectivity index (χ4n) is 2.16. The first-order chi connectivity index (χ1) is 8.29. The summed E-state index contributed by atoms with van der Waals surface area (Å²) in [7, 11) is 0. The monoisotopic (exact) mass is 301 g/mol. The van der Waals surface area contributed by atoms with Crippen LogP contribution in [0, 0.1) is 0 Å². The minimum Gasteiger partial charge on any atom is -0.374 e. The van der Waals surface area contributed by atoms with Crippen LogP contribution in [0.2, 0.25) is 0 Å². The van der Waals surface area contributed by atoms with Crippen LogP contribution in [-0.4, -0.2) is 51.6 Å². The van der Waals surface area contributed by atoms with Crippen molar-refractivity contribution in [3.8, 4) is 0 Å². The molecule has 0 aliphatic carbocycles. The van der Waals surface area contributed by atoms with Crippen molar-refractivity contribution >= 4 is 15.9 Å². The number of hydrogen-bond donors (Lipinski definition) is 0. The Hall–Kier alpha value is -0.390. The van der Waals surface area contributed by atoms with Gasteiger partial charge in [-0.3, -0.25) is 4.90 Å². The summed E-state index contributed by atoms with van der Waals surface area (Å²) >= 11 is 3.49. The molecule has 0 aromatic carbocycles. The van der Waals surface area contributed by atoms with E-state index in [1.165, 1.54) is 0 Å². The van der Waals surface area contributed by atoms with Gasteiger partial charge in [0.2, 0.25) is 0 Å². The van der Waals surface area contributed by atoms with Gasteiger partial charge in [0, 0.05) is 43.4 Å². The number of ether oxygens (including phenoxy) is 1. The average Bonchev–Trinajstić information content (AvgIpc) is 2.84. The van der Waals surface area contributed by atoms with E-state index < -0.39 is 0 Å². The van der Waals surface area contributed by atoms with Gasteiger partial charge < -0.3 is 9.30 Å². The van der Waals surface area contributed by atoms with E-state index in [1.807, 2.05) is 18.7 Å². The number of hydrogen-bond acceptors (Lipinski definition) is 3. The normalized spacial score (nSPS) is 26.2. The summed E-state index contributed by atoms with van der Waals surface area (Å²) < 4.78 is 7.85. The third-order valence-electron chi connectivity index (χ3n) is 3.23. The highest BCUT2D eigenvalue weighted by Gasteiger charge is 2.24. The van der Waals surface area contributed by atoms with Crippen molar-refractivity contribution in [3.63, 3.8) is 0 Å². The van der Waals surface area contributed by atoms with Crippen LogP contribution < -0.4 is 0 Å². The molecule has 0 saturated carbocycles. The maximum absolute atomic E-state index is 5.72. The quantitative estimate of drug-likeness (QED) is 0.777. The first kappa shape index (κ1) is 13.1. The van der Waals surface area contributed by atoms with E-state index in [4.69, 9.17) is 4.74 Å². The molecule has 1 aliphatic rings. The standard InChI is InChI=1S/C12H20BrN3O/c1-11-9-17-12(7-13)8-16(11)5-2-4-15-6-3-14-10-15/h3,6,10-12H,2,4-5,7-9H2,1H3. The highest BCUT2D eigenvalue weighted by Crippen LogP contribution is 2.13. The van der Waals surface area contributed by atoms with Crippen molar-refractivity contribution in [2.24, 2.45) is 0 Å². The average molecular weight is 302 g/mol. The topological polar surface area (TPSA) is 30.3 Å². The lowest BCUT2D eigenvalue weighted by atomic mass is 10.2. The molecular weight excluding hydrogens is 282 g/mol. The number of morpholine rings is 1. The lowest BCUT2D eigenvalue weighted by Crippen LogP contribution is -2.49. The van der Waals surface area contributed by atoms with E-state index in [-0.39, 0.29) is 0 Å². The molecule has 0 bridgehead atoms. The molecule has 2 heterocycles. The molecule has 0 radical (unpaired) electrons. The molecule has 17 heavy (non-hydrogen) atoms. The van der Waals surface area contributed by atoms with Crippen molar-refractivity contribution in [2.75, 3.05) is 25.0 Å². The Morgan fingerprint density at radius 1 is 1.47 bits per heavy atom. The van der Waals surface area contributed by atoms with E-state index in [0.29, 0.717) is 12.1 Å². The maximum Gasteiger partial charge on any atom is 0.0945 e. The molecule has 5 heteroatoms. The number of aromatic nitrogens is 2. The van der Waals surface area contributed by atoms with Gasteiger partial charge in [0.05, 0.1) is 19.0 Å². The van der Waals surface area contributed by atoms with Crippen molar-refractivity contribution in [1.82, 2.24) is 14.5 Å². The molecule has 0 amide bonds. The number of rotatable bonds is 5. The molecule has 4 nitrogen and oxygen atoms in total. The molecule has 1 aromatic heterocycles. The zero-order chi connectivity index (χ0) is 12.1. The molecular formula is C12H20BrN3O. The van der Waals surface area contributed by atoms with Crippen molar-refractivity contribution in [2.45, 2.75) is 32.0 Å². The first-order valence-electron chi connectivity index (χ1n) is 6.17. The van der Waals surface area contributed by atoms with Gasteiger partial charge in [0.1, 0.15) is 0 Å². The van der Waals surface area contributed by atoms with E-state index in [0.717, 1.165) is 38.0 Å². The van der Waals surface area contributed by atoms with Gasteiger partial charge in [-0.25, -0.2) is 4.98 Å². The molecule has 2 unspecified atom stereocenters. The van der Waals surface area contributed by atoms with Crippen LogP contribution in [0.25, 0.3) is 0 Å². The molecule has 0 spiro atoms. The second-order valence-corrected chi connectivity index (χ2v) is 5.26. The number of nitrogens with zero attached hydrogens (tertiary/aromatic N) is 3. The summed E-state index contributed by atoms with van der Waals surface area (Å²) in [5.74, 6) is 0. The molecule has 1 saturated heterocycles. The molecule has 2 rings (SSSR count). The highest BCUT2D eigenvalue weighted by atomic mass is 79.9. The summed E-state index contributed by atoms with van der Waals surface area (Å²) in [5.41, 5.74) is 0. The number of alkyl halides is 1. The highest BCUT2D eigenvalue weighted by molar-refractivity contribution is 9.09. The molecule has 2 atom stereocenters. The molecule has 0 N–H and O–H groups in total. The fraction of sp³-hybridized carbons (Fsp3) is 0.750. The lowest BCUT2D eigenvalue weighted by Gasteiger charge is -2.37. The molecule has 1 fully saturated rings. The smallest absolute Gasteiger partial charge is 0.0945 e. The van der Waals surface area contributed by atoms with Crippen molar-refractivity contribution in [1.29, 1.82) is 0 Å². The van der Waals surface area contributed by atoms with Crippen LogP contribution in [0.5, 0.6) is 0 Å². The van der Waals surface area contributed by atoms with Crippen molar-refractivity contribution in [3.05, 3.63) is 18.7 Å². The second kappa shape index (κ2) is 6.52. The Labute approximate surface area is 111 Å². The Balaban J connectivity index is 1.73. The Morgan fingerprint density at radius 2 is 2.35 bits per heavy atom. The van der Waals surface area contributed by atoms with Crippen LogP contribution in [0.1, 0.15) is 13.3 Å². The van der Waals surface area contributed by atoms with Crippen LogP contribution in [-0.2, 0) is 11.3 Å². The molecule has 1 aromatic rings. The van der Waals surface area contributed by atoms with Crippen LogP contribution in [0.15, 0.2) is 18.7 Å². The fourth-order valence-corrected chi connectivity index (χ4v) is 2.55. The van der Waals surface area contributed by atoms with Gasteiger partial charge >= 0.3 is 0 Å². The minimum absolute atomic E-state index is 0.347. The number of aryl methyl sites for hydroxylation is 1. The SMILES string of the molecule is CC1COC(CBr)CN1CCCn1ccnc1. The van der Waals surface area contributed by atoms with Gasteiger partial charge in [-0.15, -0.1) is 0 Å². The van der Waals surface area contributed by atoms with Crippen LogP contribution in [0.4, 0.5) is 0 Å². The van der Waals surface area contributed by atoms with Crippen LogP contribution in [0.3, 0.4) is 0 Å². The Kier molecular flexibility index (Phi) is 5.00.